The molecule has 1 unspecified atom stereocenters. The molecule has 2 rings (SSSR count). The van der Waals surface area contributed by atoms with Crippen molar-refractivity contribution in [3.05, 3.63) is 23.5 Å². The van der Waals surface area contributed by atoms with Gasteiger partial charge in [0.2, 0.25) is 0 Å². The summed E-state index contributed by atoms with van der Waals surface area (Å²) in [5, 5.41) is 9.49. The number of phenolic OH excluding ortho intramolecular Hbond substituents is 1. The third-order valence-corrected chi connectivity index (χ3v) is 3.46. The summed E-state index contributed by atoms with van der Waals surface area (Å²) >= 11 is 0. The number of rotatable bonds is 3. The van der Waals surface area contributed by atoms with Crippen molar-refractivity contribution in [2.75, 3.05) is 7.11 Å². The van der Waals surface area contributed by atoms with Crippen molar-refractivity contribution in [1.29, 1.82) is 0 Å². The summed E-state index contributed by atoms with van der Waals surface area (Å²) < 4.78 is 18.9. The third-order valence-electron chi connectivity index (χ3n) is 3.46. The van der Waals surface area contributed by atoms with Crippen LogP contribution < -0.4 is 10.5 Å². The fraction of sp³-hybridized carbons (Fsp3) is 0.500. The van der Waals surface area contributed by atoms with Crippen LogP contribution in [0.2, 0.25) is 0 Å². The van der Waals surface area contributed by atoms with Gasteiger partial charge in [0.05, 0.1) is 7.11 Å². The van der Waals surface area contributed by atoms with Crippen molar-refractivity contribution in [2.45, 2.75) is 31.2 Å². The average Bonchev–Trinajstić information content (AvgIpc) is 3.02. The maximum Gasteiger partial charge on any atom is 0.168 e. The highest BCUT2D eigenvalue weighted by atomic mass is 19.1. The van der Waals surface area contributed by atoms with E-state index in [1.54, 1.807) is 6.07 Å². The molecule has 0 aliphatic heterocycles. The first-order valence-corrected chi connectivity index (χ1v) is 5.34. The van der Waals surface area contributed by atoms with Gasteiger partial charge in [-0.2, -0.15) is 0 Å². The normalized spacial score (nSPS) is 19.2. The minimum Gasteiger partial charge on any atom is -0.505 e. The van der Waals surface area contributed by atoms with Crippen molar-refractivity contribution < 1.29 is 14.2 Å². The molecule has 1 aliphatic carbocycles. The Hall–Kier alpha value is -1.29. The van der Waals surface area contributed by atoms with E-state index in [1.807, 2.05) is 6.92 Å². The van der Waals surface area contributed by atoms with Crippen LogP contribution in [-0.4, -0.2) is 18.3 Å². The van der Waals surface area contributed by atoms with Crippen molar-refractivity contribution in [1.82, 2.24) is 0 Å². The Morgan fingerprint density at radius 2 is 2.12 bits per heavy atom. The Balaban J connectivity index is 2.52. The van der Waals surface area contributed by atoms with Crippen molar-refractivity contribution >= 4 is 0 Å². The number of hydrogen-bond donors (Lipinski definition) is 2. The van der Waals surface area contributed by atoms with Gasteiger partial charge in [-0.15, -0.1) is 0 Å². The summed E-state index contributed by atoms with van der Waals surface area (Å²) in [5.41, 5.74) is 6.03. The zero-order valence-electron chi connectivity index (χ0n) is 9.46. The lowest BCUT2D eigenvalue weighted by atomic mass is 9.88. The molecule has 1 aliphatic rings. The van der Waals surface area contributed by atoms with Gasteiger partial charge in [-0.3, -0.25) is 0 Å². The van der Waals surface area contributed by atoms with E-state index in [1.165, 1.54) is 13.2 Å². The van der Waals surface area contributed by atoms with Crippen molar-refractivity contribution in [2.24, 2.45) is 5.73 Å². The van der Waals surface area contributed by atoms with E-state index >= 15 is 0 Å². The van der Waals surface area contributed by atoms with Crippen LogP contribution in [0.25, 0.3) is 0 Å². The zero-order chi connectivity index (χ0) is 11.9. The largest absolute Gasteiger partial charge is 0.505 e. The third kappa shape index (κ3) is 1.53. The Morgan fingerprint density at radius 1 is 1.50 bits per heavy atom. The number of methoxy groups -OCH3 is 1. The molecule has 0 radical (unpaired) electrons. The second-order valence-electron chi connectivity index (χ2n) is 4.45. The maximum atomic E-state index is 13.9. The van der Waals surface area contributed by atoms with Crippen LogP contribution in [-0.2, 0) is 5.41 Å². The van der Waals surface area contributed by atoms with Crippen LogP contribution in [0.5, 0.6) is 11.5 Å². The van der Waals surface area contributed by atoms with Gasteiger partial charge in [-0.25, -0.2) is 4.39 Å². The van der Waals surface area contributed by atoms with Crippen molar-refractivity contribution in [3.8, 4) is 11.5 Å². The van der Waals surface area contributed by atoms with E-state index < -0.39 is 5.82 Å². The van der Waals surface area contributed by atoms with E-state index in [0.29, 0.717) is 11.3 Å². The van der Waals surface area contributed by atoms with Gasteiger partial charge in [0.25, 0.3) is 0 Å². The van der Waals surface area contributed by atoms with Crippen LogP contribution in [0.15, 0.2) is 12.1 Å². The maximum absolute atomic E-state index is 13.9. The molecule has 3 N–H and O–H groups in total. The van der Waals surface area contributed by atoms with Crippen LogP contribution in [0.4, 0.5) is 4.39 Å². The molecule has 0 saturated heterocycles. The minimum atomic E-state index is -0.574. The summed E-state index contributed by atoms with van der Waals surface area (Å²) in [5.74, 6) is -0.488. The Bertz CT molecular complexity index is 414. The summed E-state index contributed by atoms with van der Waals surface area (Å²) in [6.45, 7) is 1.86. The van der Waals surface area contributed by atoms with Crippen LogP contribution in [0, 0.1) is 5.82 Å². The van der Waals surface area contributed by atoms with Crippen LogP contribution >= 0.6 is 0 Å². The molecule has 0 aromatic heterocycles. The molecule has 3 nitrogen and oxygen atoms in total. The van der Waals surface area contributed by atoms with Gasteiger partial charge in [0.1, 0.15) is 5.75 Å². The molecule has 4 heteroatoms. The molecule has 1 aromatic carbocycles. The number of halogens is 1. The Morgan fingerprint density at radius 3 is 2.56 bits per heavy atom. The predicted molar refractivity (Wildman–Crippen MR) is 59.2 cm³/mol. The van der Waals surface area contributed by atoms with E-state index in [9.17, 15) is 9.50 Å². The monoisotopic (exact) mass is 225 g/mol. The highest BCUT2D eigenvalue weighted by molar-refractivity contribution is 5.46. The molecular formula is C12H16FNO2. The molecule has 0 amide bonds. The Kier molecular flexibility index (Phi) is 2.54. The minimum absolute atomic E-state index is 0.131. The summed E-state index contributed by atoms with van der Waals surface area (Å²) in [4.78, 5) is 0. The number of ether oxygens (including phenoxy) is 1. The fourth-order valence-corrected chi connectivity index (χ4v) is 2.17. The molecule has 1 aromatic rings. The molecule has 88 valence electrons. The number of aromatic hydroxyl groups is 1. The van der Waals surface area contributed by atoms with E-state index in [2.05, 4.69) is 0 Å². The second kappa shape index (κ2) is 3.63. The molecular weight excluding hydrogens is 209 g/mol. The molecule has 0 heterocycles. The van der Waals surface area contributed by atoms with Gasteiger partial charge in [-0.1, -0.05) is 0 Å². The molecule has 0 bridgehead atoms. The fourth-order valence-electron chi connectivity index (χ4n) is 2.17. The first kappa shape index (κ1) is 11.2. The van der Waals surface area contributed by atoms with E-state index in [4.69, 9.17) is 10.5 Å². The topological polar surface area (TPSA) is 55.5 Å². The number of benzene rings is 1. The van der Waals surface area contributed by atoms with Gasteiger partial charge in [0, 0.05) is 23.1 Å². The van der Waals surface area contributed by atoms with Gasteiger partial charge >= 0.3 is 0 Å². The SMILES string of the molecule is COc1cc(O)c(F)c(C2(C(C)N)CC2)c1. The standard InChI is InChI=1S/C12H16FNO2/c1-7(14)12(3-4-12)9-5-8(16-2)6-10(15)11(9)13/h5-7,15H,3-4,14H2,1-2H3. The second-order valence-corrected chi connectivity index (χ2v) is 4.45. The highest BCUT2D eigenvalue weighted by Crippen LogP contribution is 2.52. The molecule has 16 heavy (non-hydrogen) atoms. The Labute approximate surface area is 94.0 Å². The van der Waals surface area contributed by atoms with Crippen molar-refractivity contribution in [3.63, 3.8) is 0 Å². The molecule has 1 atom stereocenters. The van der Waals surface area contributed by atoms with E-state index in [-0.39, 0.29) is 17.2 Å². The summed E-state index contributed by atoms with van der Waals surface area (Å²) in [7, 11) is 1.49. The number of phenols is 1. The smallest absolute Gasteiger partial charge is 0.168 e. The van der Waals surface area contributed by atoms with Crippen LogP contribution in [0.1, 0.15) is 25.3 Å². The average molecular weight is 225 g/mol. The highest BCUT2D eigenvalue weighted by Gasteiger charge is 2.49. The van der Waals surface area contributed by atoms with Gasteiger partial charge in [-0.05, 0) is 25.8 Å². The molecule has 0 spiro atoms. The summed E-state index contributed by atoms with van der Waals surface area (Å²) in [6, 6.07) is 2.77. The van der Waals surface area contributed by atoms with Gasteiger partial charge in [0.15, 0.2) is 11.6 Å². The number of hydrogen-bond acceptors (Lipinski definition) is 3. The molecule has 1 saturated carbocycles. The lowest BCUT2D eigenvalue weighted by molar-refractivity contribution is 0.388. The number of nitrogens with two attached hydrogens (primary N) is 1. The lowest BCUT2D eigenvalue weighted by Gasteiger charge is -2.21. The summed E-state index contributed by atoms with van der Waals surface area (Å²) in [6.07, 6.45) is 1.71. The quantitative estimate of drug-likeness (QED) is 0.826. The van der Waals surface area contributed by atoms with Crippen LogP contribution in [0.3, 0.4) is 0 Å². The first-order chi connectivity index (χ1) is 7.51. The van der Waals surface area contributed by atoms with E-state index in [0.717, 1.165) is 12.8 Å². The van der Waals surface area contributed by atoms with Gasteiger partial charge < -0.3 is 15.6 Å². The zero-order valence-corrected chi connectivity index (χ0v) is 9.46. The lowest BCUT2D eigenvalue weighted by Crippen LogP contribution is -2.32. The predicted octanol–water partition coefficient (Wildman–Crippen LogP) is 1.92. The molecule has 1 fully saturated rings. The first-order valence-electron chi connectivity index (χ1n) is 5.34.